The predicted molar refractivity (Wildman–Crippen MR) is 216 cm³/mol. The van der Waals surface area contributed by atoms with Gasteiger partial charge in [-0.1, -0.05) is 158 Å². The number of nitrogens with zero attached hydrogens (tertiary/aromatic N) is 3. The first-order valence-corrected chi connectivity index (χ1v) is 17.6. The van der Waals surface area contributed by atoms with Crippen molar-refractivity contribution in [3.8, 4) is 67.3 Å². The molecular weight excluding hydrogens is 631 g/mol. The SMILES string of the molecule is c1ccc(-c2ccc(-c3cc(-c4ccc(-c5ccncc5)cc4)nc(-c4ccc(-c5ccc6ccc7cccc8ccc5c6c78)cc4)n3)cc2)cc1. The molecule has 0 radical (unpaired) electrons. The van der Waals surface area contributed by atoms with Crippen LogP contribution in [0.25, 0.3) is 99.6 Å². The van der Waals surface area contributed by atoms with Crippen LogP contribution >= 0.6 is 0 Å². The van der Waals surface area contributed by atoms with E-state index < -0.39 is 0 Å². The molecule has 0 aliphatic heterocycles. The first kappa shape index (κ1) is 29.9. The summed E-state index contributed by atoms with van der Waals surface area (Å²) in [6.07, 6.45) is 3.65. The van der Waals surface area contributed by atoms with E-state index in [4.69, 9.17) is 9.97 Å². The first-order chi connectivity index (χ1) is 25.7. The Morgan fingerprint density at radius 1 is 0.308 bits per heavy atom. The summed E-state index contributed by atoms with van der Waals surface area (Å²) in [5, 5.41) is 7.74. The van der Waals surface area contributed by atoms with E-state index in [1.54, 1.807) is 0 Å². The average Bonchev–Trinajstić information content (AvgIpc) is 3.23. The van der Waals surface area contributed by atoms with Crippen molar-refractivity contribution >= 4 is 32.3 Å². The average molecular weight is 662 g/mol. The lowest BCUT2D eigenvalue weighted by Gasteiger charge is -2.14. The molecule has 0 aliphatic carbocycles. The first-order valence-electron chi connectivity index (χ1n) is 17.6. The lowest BCUT2D eigenvalue weighted by molar-refractivity contribution is 1.18. The van der Waals surface area contributed by atoms with Gasteiger partial charge in [0, 0.05) is 29.1 Å². The van der Waals surface area contributed by atoms with E-state index in [1.807, 2.05) is 30.6 Å². The van der Waals surface area contributed by atoms with E-state index in [0.29, 0.717) is 5.82 Å². The number of hydrogen-bond acceptors (Lipinski definition) is 3. The number of hydrogen-bond donors (Lipinski definition) is 0. The molecule has 0 saturated carbocycles. The van der Waals surface area contributed by atoms with Gasteiger partial charge < -0.3 is 0 Å². The molecule has 0 amide bonds. The van der Waals surface area contributed by atoms with Crippen molar-refractivity contribution in [2.24, 2.45) is 0 Å². The largest absolute Gasteiger partial charge is 0.265 e. The molecule has 0 fully saturated rings. The Labute approximate surface area is 301 Å². The Balaban J connectivity index is 1.06. The van der Waals surface area contributed by atoms with Gasteiger partial charge in [-0.25, -0.2) is 9.97 Å². The highest BCUT2D eigenvalue weighted by atomic mass is 14.9. The monoisotopic (exact) mass is 661 g/mol. The standard InChI is InChI=1S/C49H31N3/c1-2-5-32(6-3-1)33-9-15-37(16-10-33)45-31-46(38-17-11-34(12-18-38)35-27-29-50-30-28-35)52-49(51-45)42-21-13-36(14-22-42)43-25-23-41-20-19-39-7-4-8-40-24-26-44(43)48(41)47(39)40/h1-31H. The van der Waals surface area contributed by atoms with E-state index in [2.05, 4.69) is 163 Å². The molecule has 0 unspecified atom stereocenters. The third kappa shape index (κ3) is 5.28. The number of rotatable bonds is 6. The second-order valence-corrected chi connectivity index (χ2v) is 13.3. The van der Waals surface area contributed by atoms with Crippen LogP contribution < -0.4 is 0 Å². The zero-order chi connectivity index (χ0) is 34.4. The minimum Gasteiger partial charge on any atom is -0.265 e. The van der Waals surface area contributed by atoms with Crippen molar-refractivity contribution in [2.45, 2.75) is 0 Å². The topological polar surface area (TPSA) is 38.7 Å². The molecule has 0 aliphatic rings. The van der Waals surface area contributed by atoms with Crippen molar-refractivity contribution in [2.75, 3.05) is 0 Å². The molecule has 10 rings (SSSR count). The van der Waals surface area contributed by atoms with Crippen LogP contribution in [0.1, 0.15) is 0 Å². The summed E-state index contributed by atoms with van der Waals surface area (Å²) >= 11 is 0. The molecule has 2 aromatic heterocycles. The minimum atomic E-state index is 0.694. The van der Waals surface area contributed by atoms with Crippen LogP contribution in [0, 0.1) is 0 Å². The molecule has 0 spiro atoms. The van der Waals surface area contributed by atoms with Gasteiger partial charge in [0.2, 0.25) is 0 Å². The van der Waals surface area contributed by atoms with Crippen LogP contribution in [0.15, 0.2) is 188 Å². The quantitative estimate of drug-likeness (QED) is 0.166. The fourth-order valence-electron chi connectivity index (χ4n) is 7.50. The van der Waals surface area contributed by atoms with Gasteiger partial charge in [0.25, 0.3) is 0 Å². The van der Waals surface area contributed by atoms with Crippen molar-refractivity contribution < 1.29 is 0 Å². The molecule has 3 heteroatoms. The molecule has 0 bridgehead atoms. The zero-order valence-corrected chi connectivity index (χ0v) is 28.2. The molecule has 8 aromatic carbocycles. The molecule has 10 aromatic rings. The highest BCUT2D eigenvalue weighted by molar-refractivity contribution is 6.25. The van der Waals surface area contributed by atoms with E-state index in [9.17, 15) is 0 Å². The van der Waals surface area contributed by atoms with E-state index in [1.165, 1.54) is 54.6 Å². The van der Waals surface area contributed by atoms with Crippen molar-refractivity contribution in [1.82, 2.24) is 15.0 Å². The van der Waals surface area contributed by atoms with Gasteiger partial charge in [-0.15, -0.1) is 0 Å². The Morgan fingerprint density at radius 2 is 0.788 bits per heavy atom. The van der Waals surface area contributed by atoms with Gasteiger partial charge in [0.1, 0.15) is 0 Å². The van der Waals surface area contributed by atoms with Crippen LogP contribution in [0.3, 0.4) is 0 Å². The van der Waals surface area contributed by atoms with Gasteiger partial charge in [-0.05, 0) is 83.9 Å². The van der Waals surface area contributed by atoms with Gasteiger partial charge in [0.15, 0.2) is 5.82 Å². The van der Waals surface area contributed by atoms with E-state index in [-0.39, 0.29) is 0 Å². The molecular formula is C49H31N3. The van der Waals surface area contributed by atoms with E-state index >= 15 is 0 Å². The number of benzene rings is 8. The van der Waals surface area contributed by atoms with Crippen LogP contribution in [-0.2, 0) is 0 Å². The molecule has 3 nitrogen and oxygen atoms in total. The Morgan fingerprint density at radius 3 is 1.42 bits per heavy atom. The van der Waals surface area contributed by atoms with Crippen molar-refractivity contribution in [3.05, 3.63) is 188 Å². The second kappa shape index (κ2) is 12.4. The molecule has 0 saturated heterocycles. The third-order valence-corrected chi connectivity index (χ3v) is 10.2. The van der Waals surface area contributed by atoms with Crippen molar-refractivity contribution in [3.63, 3.8) is 0 Å². The van der Waals surface area contributed by atoms with Gasteiger partial charge >= 0.3 is 0 Å². The smallest absolute Gasteiger partial charge is 0.160 e. The minimum absolute atomic E-state index is 0.694. The van der Waals surface area contributed by atoms with Crippen LogP contribution in [-0.4, -0.2) is 15.0 Å². The Bertz CT molecular complexity index is 2730. The summed E-state index contributed by atoms with van der Waals surface area (Å²) in [7, 11) is 0. The maximum Gasteiger partial charge on any atom is 0.160 e. The van der Waals surface area contributed by atoms with Crippen LogP contribution in [0.2, 0.25) is 0 Å². The maximum absolute atomic E-state index is 5.16. The van der Waals surface area contributed by atoms with E-state index in [0.717, 1.165) is 39.2 Å². The molecule has 242 valence electrons. The highest BCUT2D eigenvalue weighted by Crippen LogP contribution is 2.40. The summed E-state index contributed by atoms with van der Waals surface area (Å²) in [5.74, 6) is 0.694. The zero-order valence-electron chi connectivity index (χ0n) is 28.2. The summed E-state index contributed by atoms with van der Waals surface area (Å²) in [6.45, 7) is 0. The fourth-order valence-corrected chi connectivity index (χ4v) is 7.50. The number of aromatic nitrogens is 3. The fraction of sp³-hybridized carbons (Fsp3) is 0. The summed E-state index contributed by atoms with van der Waals surface area (Å²) in [5.41, 5.74) is 11.8. The Hall–Kier alpha value is -6.97. The molecule has 0 N–H and O–H groups in total. The number of pyridine rings is 1. The lowest BCUT2D eigenvalue weighted by atomic mass is 9.90. The maximum atomic E-state index is 5.16. The van der Waals surface area contributed by atoms with Crippen molar-refractivity contribution in [1.29, 1.82) is 0 Å². The highest BCUT2D eigenvalue weighted by Gasteiger charge is 2.15. The Kier molecular flexibility index (Phi) is 7.14. The lowest BCUT2D eigenvalue weighted by Crippen LogP contribution is -1.96. The van der Waals surface area contributed by atoms with Crippen LogP contribution in [0.5, 0.6) is 0 Å². The summed E-state index contributed by atoms with van der Waals surface area (Å²) < 4.78 is 0. The van der Waals surface area contributed by atoms with Gasteiger partial charge in [0.05, 0.1) is 11.4 Å². The summed E-state index contributed by atoms with van der Waals surface area (Å²) in [6, 6.07) is 62.6. The van der Waals surface area contributed by atoms with Gasteiger partial charge in [-0.3, -0.25) is 4.98 Å². The van der Waals surface area contributed by atoms with Crippen LogP contribution in [0.4, 0.5) is 0 Å². The van der Waals surface area contributed by atoms with Gasteiger partial charge in [-0.2, -0.15) is 0 Å². The predicted octanol–water partition coefficient (Wildman–Crippen LogP) is 12.8. The third-order valence-electron chi connectivity index (χ3n) is 10.2. The molecule has 52 heavy (non-hydrogen) atoms. The second-order valence-electron chi connectivity index (χ2n) is 13.3. The normalized spacial score (nSPS) is 11.5. The molecule has 2 heterocycles. The molecule has 0 atom stereocenters. The summed E-state index contributed by atoms with van der Waals surface area (Å²) in [4.78, 5) is 14.5.